The number of hydrogen-bond donors (Lipinski definition) is 0. The highest BCUT2D eigenvalue weighted by molar-refractivity contribution is 14.1. The van der Waals surface area contributed by atoms with Crippen molar-refractivity contribution in [3.8, 4) is 0 Å². The Hall–Kier alpha value is -0.0200. The third-order valence-corrected chi connectivity index (χ3v) is 6.78. The normalized spacial score (nSPS) is 14.2. The lowest BCUT2D eigenvalue weighted by Crippen LogP contribution is -2.72. The molecule has 0 saturated heterocycles. The SMILES string of the molecule is Fc1cccc[n+]1C(I)(CI)[n+]1ccccc1Cl. The molecule has 2 heterocycles. The van der Waals surface area contributed by atoms with Crippen LogP contribution in [0.4, 0.5) is 4.39 Å². The second kappa shape index (κ2) is 5.96. The molecule has 2 aromatic heterocycles. The van der Waals surface area contributed by atoms with Gasteiger partial charge in [-0.25, -0.2) is 0 Å². The molecule has 2 aromatic rings. The van der Waals surface area contributed by atoms with Crippen molar-refractivity contribution >= 4 is 56.8 Å². The lowest BCUT2D eigenvalue weighted by atomic mass is 10.4. The highest BCUT2D eigenvalue weighted by Crippen LogP contribution is 2.20. The highest BCUT2D eigenvalue weighted by atomic mass is 127. The fourth-order valence-corrected chi connectivity index (χ4v) is 3.60. The van der Waals surface area contributed by atoms with E-state index in [9.17, 15) is 4.39 Å². The summed E-state index contributed by atoms with van der Waals surface area (Å²) in [6.07, 6.45) is 3.57. The molecule has 0 amide bonds. The third-order valence-electron chi connectivity index (χ3n) is 2.53. The first kappa shape index (κ1) is 14.4. The van der Waals surface area contributed by atoms with Gasteiger partial charge in [-0.2, -0.15) is 0 Å². The van der Waals surface area contributed by atoms with Crippen molar-refractivity contribution < 1.29 is 13.5 Å². The van der Waals surface area contributed by atoms with Crippen LogP contribution in [0.25, 0.3) is 0 Å². The molecule has 0 aromatic carbocycles. The van der Waals surface area contributed by atoms with Crippen molar-refractivity contribution in [3.63, 3.8) is 0 Å². The van der Waals surface area contributed by atoms with Gasteiger partial charge < -0.3 is 0 Å². The van der Waals surface area contributed by atoms with Gasteiger partial charge in [0.2, 0.25) is 0 Å². The molecule has 18 heavy (non-hydrogen) atoms. The average molecular weight is 490 g/mol. The van der Waals surface area contributed by atoms with Gasteiger partial charge in [-0.1, -0.05) is 27.2 Å². The van der Waals surface area contributed by atoms with E-state index < -0.39 is 3.67 Å². The van der Waals surface area contributed by atoms with Gasteiger partial charge in [-0.15, -0.1) is 8.96 Å². The Morgan fingerprint density at radius 2 is 1.72 bits per heavy atom. The quantitative estimate of drug-likeness (QED) is 0.271. The van der Waals surface area contributed by atoms with Gasteiger partial charge in [-0.05, 0) is 23.7 Å². The first-order chi connectivity index (χ1) is 8.59. The molecule has 0 fully saturated rings. The summed E-state index contributed by atoms with van der Waals surface area (Å²) in [6, 6.07) is 10.5. The molecule has 94 valence electrons. The third kappa shape index (κ3) is 2.62. The van der Waals surface area contributed by atoms with E-state index in [1.165, 1.54) is 6.07 Å². The summed E-state index contributed by atoms with van der Waals surface area (Å²) in [6.45, 7) is 0. The zero-order valence-corrected chi connectivity index (χ0v) is 14.3. The van der Waals surface area contributed by atoms with Gasteiger partial charge in [-0.3, -0.25) is 0 Å². The highest BCUT2D eigenvalue weighted by Gasteiger charge is 2.49. The molecule has 0 aliphatic rings. The molecule has 0 aliphatic carbocycles. The van der Waals surface area contributed by atoms with Crippen molar-refractivity contribution in [2.75, 3.05) is 4.43 Å². The van der Waals surface area contributed by atoms with E-state index >= 15 is 0 Å². The smallest absolute Gasteiger partial charge is 0.136 e. The lowest BCUT2D eigenvalue weighted by Gasteiger charge is -2.15. The molecule has 0 saturated carbocycles. The second-order valence-corrected chi connectivity index (χ2v) is 6.52. The Morgan fingerprint density at radius 1 is 1.11 bits per heavy atom. The van der Waals surface area contributed by atoms with E-state index in [1.54, 1.807) is 29.0 Å². The largest absolute Gasteiger partial charge is 0.420 e. The van der Waals surface area contributed by atoms with Crippen molar-refractivity contribution in [1.29, 1.82) is 0 Å². The van der Waals surface area contributed by atoms with Gasteiger partial charge >= 0.3 is 9.62 Å². The summed E-state index contributed by atoms with van der Waals surface area (Å²) in [5, 5.41) is 0.569. The maximum absolute atomic E-state index is 14.0. The molecule has 0 bridgehead atoms. The Kier molecular flexibility index (Phi) is 4.76. The van der Waals surface area contributed by atoms with Crippen LogP contribution in [-0.2, 0) is 3.67 Å². The van der Waals surface area contributed by atoms with Crippen molar-refractivity contribution in [2.45, 2.75) is 3.67 Å². The summed E-state index contributed by atoms with van der Waals surface area (Å²) in [7, 11) is 0. The van der Waals surface area contributed by atoms with E-state index in [0.29, 0.717) is 9.58 Å². The van der Waals surface area contributed by atoms with Crippen molar-refractivity contribution in [3.05, 3.63) is 59.9 Å². The molecule has 2 nitrogen and oxygen atoms in total. The molecule has 0 spiro atoms. The summed E-state index contributed by atoms with van der Waals surface area (Å²) in [5.41, 5.74) is 0. The first-order valence-electron chi connectivity index (χ1n) is 5.18. The topological polar surface area (TPSA) is 7.76 Å². The average Bonchev–Trinajstić information content (AvgIpc) is 2.39. The van der Waals surface area contributed by atoms with E-state index in [-0.39, 0.29) is 5.95 Å². The number of hydrogen-bond acceptors (Lipinski definition) is 0. The summed E-state index contributed by atoms with van der Waals surface area (Å²) < 4.78 is 17.5. The van der Waals surface area contributed by atoms with Gasteiger partial charge in [0.05, 0.1) is 22.6 Å². The molecule has 0 radical (unpaired) electrons. The van der Waals surface area contributed by atoms with E-state index in [0.717, 1.165) is 0 Å². The zero-order valence-electron chi connectivity index (χ0n) is 9.23. The number of pyridine rings is 2. The van der Waals surface area contributed by atoms with Gasteiger partial charge in [0.1, 0.15) is 4.43 Å². The molecular formula is C12H10ClFI2N2+2. The van der Waals surface area contributed by atoms with Gasteiger partial charge in [0.25, 0.3) is 5.15 Å². The van der Waals surface area contributed by atoms with Crippen LogP contribution in [0.2, 0.25) is 5.15 Å². The van der Waals surface area contributed by atoms with Crippen molar-refractivity contribution in [2.24, 2.45) is 0 Å². The Balaban J connectivity index is 2.63. The molecule has 2 rings (SSSR count). The molecule has 1 atom stereocenters. The van der Waals surface area contributed by atoms with Crippen LogP contribution in [0, 0.1) is 5.95 Å². The lowest BCUT2D eigenvalue weighted by molar-refractivity contribution is -0.959. The van der Waals surface area contributed by atoms with Crippen LogP contribution in [-0.4, -0.2) is 4.43 Å². The zero-order chi connectivity index (χ0) is 13.2. The summed E-state index contributed by atoms with van der Waals surface area (Å²) in [4.78, 5) is 0. The first-order valence-corrected chi connectivity index (χ1v) is 8.16. The number of halogens is 4. The van der Waals surface area contributed by atoms with Crippen LogP contribution >= 0.6 is 56.8 Å². The Morgan fingerprint density at radius 3 is 2.28 bits per heavy atom. The maximum Gasteiger partial charge on any atom is 0.420 e. The summed E-state index contributed by atoms with van der Waals surface area (Å²) >= 11 is 10.7. The van der Waals surface area contributed by atoms with Crippen LogP contribution in [0.3, 0.4) is 0 Å². The van der Waals surface area contributed by atoms with Gasteiger partial charge in [0.15, 0.2) is 12.4 Å². The minimum absolute atomic E-state index is 0.295. The van der Waals surface area contributed by atoms with Crippen molar-refractivity contribution in [1.82, 2.24) is 0 Å². The molecule has 0 aliphatic heterocycles. The van der Waals surface area contributed by atoms with E-state index in [4.69, 9.17) is 11.6 Å². The van der Waals surface area contributed by atoms with Crippen LogP contribution in [0.5, 0.6) is 0 Å². The number of rotatable bonds is 3. The Bertz CT molecular complexity index is 520. The minimum atomic E-state index is -0.609. The fourth-order valence-electron chi connectivity index (χ4n) is 1.65. The van der Waals surface area contributed by atoms with Gasteiger partial charge in [0, 0.05) is 24.3 Å². The van der Waals surface area contributed by atoms with E-state index in [1.807, 2.05) is 22.9 Å². The number of nitrogens with zero attached hydrogens (tertiary/aromatic N) is 2. The molecule has 1 unspecified atom stereocenters. The molecule has 0 N–H and O–H groups in total. The van der Waals surface area contributed by atoms with Crippen LogP contribution < -0.4 is 9.13 Å². The van der Waals surface area contributed by atoms with Crippen LogP contribution in [0.1, 0.15) is 0 Å². The Labute approximate surface area is 137 Å². The number of alkyl halides is 2. The fraction of sp³-hybridized carbons (Fsp3) is 0.167. The molecular weight excluding hydrogens is 480 g/mol. The minimum Gasteiger partial charge on any atom is -0.136 e. The second-order valence-electron chi connectivity index (χ2n) is 3.64. The molecule has 6 heteroatoms. The standard InChI is InChI=1S/C12H10ClFI2N2/c13-10-5-1-3-7-17(10)12(16,9-15)18-8-4-2-6-11(18)14/h1-8H,9H2/q+2. The van der Waals surface area contributed by atoms with E-state index in [2.05, 4.69) is 45.2 Å². The monoisotopic (exact) mass is 490 g/mol. The maximum atomic E-state index is 14.0. The number of aromatic nitrogens is 2. The summed E-state index contributed by atoms with van der Waals surface area (Å²) in [5.74, 6) is -0.295. The predicted octanol–water partition coefficient (Wildman–Crippen LogP) is 3.08. The predicted molar refractivity (Wildman–Crippen MR) is 84.5 cm³/mol. The van der Waals surface area contributed by atoms with Crippen LogP contribution in [0.15, 0.2) is 48.8 Å².